The van der Waals surface area contributed by atoms with Gasteiger partial charge in [-0.05, 0) is 26.7 Å². The average molecular weight is 237 g/mol. The summed E-state index contributed by atoms with van der Waals surface area (Å²) in [6.07, 6.45) is 1.99. The molecule has 1 amide bonds. The SMILES string of the molecule is Cc1nn(C)c(C)c1C(=O)NCC1(CO)CC1. The van der Waals surface area contributed by atoms with Crippen LogP contribution in [0.4, 0.5) is 0 Å². The van der Waals surface area contributed by atoms with Crippen LogP contribution in [0.25, 0.3) is 0 Å². The number of rotatable bonds is 4. The van der Waals surface area contributed by atoms with Crippen LogP contribution in [0.15, 0.2) is 0 Å². The highest BCUT2D eigenvalue weighted by atomic mass is 16.3. The molecule has 0 atom stereocenters. The van der Waals surface area contributed by atoms with Gasteiger partial charge in [0.2, 0.25) is 0 Å². The topological polar surface area (TPSA) is 67.2 Å². The number of amides is 1. The number of aliphatic hydroxyl groups excluding tert-OH is 1. The van der Waals surface area contributed by atoms with Crippen LogP contribution in [0, 0.1) is 19.3 Å². The Balaban J connectivity index is 2.05. The molecular formula is C12H19N3O2. The van der Waals surface area contributed by atoms with Gasteiger partial charge in [-0.25, -0.2) is 0 Å². The lowest BCUT2D eigenvalue weighted by atomic mass is 10.1. The summed E-state index contributed by atoms with van der Waals surface area (Å²) >= 11 is 0. The van der Waals surface area contributed by atoms with Gasteiger partial charge in [0.05, 0.1) is 17.9 Å². The van der Waals surface area contributed by atoms with Crippen LogP contribution < -0.4 is 5.32 Å². The van der Waals surface area contributed by atoms with Crippen molar-refractivity contribution in [3.05, 3.63) is 17.0 Å². The normalized spacial score (nSPS) is 16.9. The van der Waals surface area contributed by atoms with Crippen molar-refractivity contribution in [2.75, 3.05) is 13.2 Å². The molecule has 1 aliphatic carbocycles. The molecule has 0 spiro atoms. The standard InChI is InChI=1S/C12H19N3O2/c1-8-10(9(2)15(3)14-8)11(17)13-6-12(7-16)4-5-12/h16H,4-7H2,1-3H3,(H,13,17). The molecule has 0 bridgehead atoms. The van der Waals surface area contributed by atoms with Crippen molar-refractivity contribution >= 4 is 5.91 Å². The Morgan fingerprint density at radius 2 is 2.18 bits per heavy atom. The molecule has 1 aliphatic rings. The van der Waals surface area contributed by atoms with E-state index in [1.165, 1.54) is 0 Å². The van der Waals surface area contributed by atoms with Crippen molar-refractivity contribution in [2.24, 2.45) is 12.5 Å². The number of hydrogen-bond acceptors (Lipinski definition) is 3. The smallest absolute Gasteiger partial charge is 0.255 e. The second-order valence-corrected chi connectivity index (χ2v) is 5.01. The first-order chi connectivity index (χ1) is 7.99. The minimum Gasteiger partial charge on any atom is -0.396 e. The Labute approximate surface area is 101 Å². The molecule has 1 fully saturated rings. The van der Waals surface area contributed by atoms with Crippen molar-refractivity contribution in [1.82, 2.24) is 15.1 Å². The first kappa shape index (κ1) is 12.1. The lowest BCUT2D eigenvalue weighted by Crippen LogP contribution is -2.32. The molecule has 0 unspecified atom stereocenters. The number of aliphatic hydroxyl groups is 1. The van der Waals surface area contributed by atoms with Crippen LogP contribution in [-0.2, 0) is 7.05 Å². The molecule has 0 radical (unpaired) electrons. The Morgan fingerprint density at radius 1 is 1.53 bits per heavy atom. The summed E-state index contributed by atoms with van der Waals surface area (Å²) in [5, 5.41) is 16.3. The summed E-state index contributed by atoms with van der Waals surface area (Å²) in [5.41, 5.74) is 2.21. The van der Waals surface area contributed by atoms with E-state index in [4.69, 9.17) is 0 Å². The van der Waals surface area contributed by atoms with Crippen molar-refractivity contribution in [3.63, 3.8) is 0 Å². The molecule has 17 heavy (non-hydrogen) atoms. The van der Waals surface area contributed by atoms with Crippen LogP contribution in [0.5, 0.6) is 0 Å². The van der Waals surface area contributed by atoms with Crippen LogP contribution in [0.2, 0.25) is 0 Å². The molecule has 1 aromatic heterocycles. The van der Waals surface area contributed by atoms with E-state index in [9.17, 15) is 9.90 Å². The number of aromatic nitrogens is 2. The number of carbonyl (C=O) groups is 1. The lowest BCUT2D eigenvalue weighted by molar-refractivity contribution is 0.0934. The zero-order chi connectivity index (χ0) is 12.6. The Morgan fingerprint density at radius 3 is 2.59 bits per heavy atom. The van der Waals surface area contributed by atoms with Gasteiger partial charge in [0.15, 0.2) is 0 Å². The van der Waals surface area contributed by atoms with Gasteiger partial charge < -0.3 is 10.4 Å². The fraction of sp³-hybridized carbons (Fsp3) is 0.667. The minimum absolute atomic E-state index is 0.0559. The molecular weight excluding hydrogens is 218 g/mol. The van der Waals surface area contributed by atoms with Crippen LogP contribution >= 0.6 is 0 Å². The van der Waals surface area contributed by atoms with Crippen LogP contribution in [-0.4, -0.2) is 33.9 Å². The molecule has 1 saturated carbocycles. The average Bonchev–Trinajstić information content (AvgIpc) is 3.02. The van der Waals surface area contributed by atoms with E-state index in [2.05, 4.69) is 10.4 Å². The summed E-state index contributed by atoms with van der Waals surface area (Å²) in [6.45, 7) is 4.42. The van der Waals surface area contributed by atoms with E-state index in [0.717, 1.165) is 24.2 Å². The molecule has 0 saturated heterocycles. The van der Waals surface area contributed by atoms with Crippen LogP contribution in [0.1, 0.15) is 34.6 Å². The molecule has 1 aromatic rings. The van der Waals surface area contributed by atoms with Gasteiger partial charge in [0.25, 0.3) is 5.91 Å². The summed E-state index contributed by atoms with van der Waals surface area (Å²) in [6, 6.07) is 0. The maximum atomic E-state index is 12.0. The van der Waals surface area contributed by atoms with E-state index >= 15 is 0 Å². The quantitative estimate of drug-likeness (QED) is 0.803. The number of carbonyl (C=O) groups excluding carboxylic acids is 1. The largest absolute Gasteiger partial charge is 0.396 e. The van der Waals surface area contributed by atoms with Gasteiger partial charge in [-0.1, -0.05) is 0 Å². The molecule has 2 N–H and O–H groups in total. The Kier molecular flexibility index (Phi) is 2.95. The van der Waals surface area contributed by atoms with E-state index in [1.807, 2.05) is 20.9 Å². The predicted molar refractivity (Wildman–Crippen MR) is 63.8 cm³/mol. The van der Waals surface area contributed by atoms with Gasteiger partial charge >= 0.3 is 0 Å². The van der Waals surface area contributed by atoms with Crippen molar-refractivity contribution in [2.45, 2.75) is 26.7 Å². The summed E-state index contributed by atoms with van der Waals surface area (Å²) < 4.78 is 1.71. The molecule has 0 aliphatic heterocycles. The molecule has 5 heteroatoms. The summed E-state index contributed by atoms with van der Waals surface area (Å²) in [4.78, 5) is 12.0. The maximum Gasteiger partial charge on any atom is 0.255 e. The van der Waals surface area contributed by atoms with E-state index in [1.54, 1.807) is 4.68 Å². The van der Waals surface area contributed by atoms with Gasteiger partial charge in [0, 0.05) is 24.7 Å². The monoisotopic (exact) mass is 237 g/mol. The third-order valence-corrected chi connectivity index (χ3v) is 3.65. The lowest BCUT2D eigenvalue weighted by Gasteiger charge is -2.12. The second-order valence-electron chi connectivity index (χ2n) is 5.01. The van der Waals surface area contributed by atoms with E-state index < -0.39 is 0 Å². The Hall–Kier alpha value is -1.36. The van der Waals surface area contributed by atoms with Gasteiger partial charge in [-0.2, -0.15) is 5.10 Å². The second kappa shape index (κ2) is 4.14. The molecule has 2 rings (SSSR count). The zero-order valence-corrected chi connectivity index (χ0v) is 10.6. The van der Waals surface area contributed by atoms with Gasteiger partial charge in [0.1, 0.15) is 0 Å². The minimum atomic E-state index is -0.0900. The van der Waals surface area contributed by atoms with Gasteiger partial charge in [-0.15, -0.1) is 0 Å². The number of nitrogens with zero attached hydrogens (tertiary/aromatic N) is 2. The number of aryl methyl sites for hydroxylation is 2. The van der Waals surface area contributed by atoms with E-state index in [-0.39, 0.29) is 17.9 Å². The van der Waals surface area contributed by atoms with Crippen molar-refractivity contribution < 1.29 is 9.90 Å². The molecule has 1 heterocycles. The summed E-state index contributed by atoms with van der Waals surface area (Å²) in [5.74, 6) is -0.0900. The van der Waals surface area contributed by atoms with Crippen molar-refractivity contribution in [1.29, 1.82) is 0 Å². The molecule has 94 valence electrons. The Bertz CT molecular complexity index is 447. The first-order valence-electron chi connectivity index (χ1n) is 5.88. The summed E-state index contributed by atoms with van der Waals surface area (Å²) in [7, 11) is 1.83. The predicted octanol–water partition coefficient (Wildman–Crippen LogP) is 0.539. The third-order valence-electron chi connectivity index (χ3n) is 3.65. The molecule has 0 aromatic carbocycles. The third kappa shape index (κ3) is 2.20. The highest BCUT2D eigenvalue weighted by Gasteiger charge is 2.42. The fourth-order valence-electron chi connectivity index (χ4n) is 2.03. The first-order valence-corrected chi connectivity index (χ1v) is 5.88. The number of hydrogen-bond donors (Lipinski definition) is 2. The maximum absolute atomic E-state index is 12.0. The van der Waals surface area contributed by atoms with E-state index in [0.29, 0.717) is 12.1 Å². The molecule has 5 nitrogen and oxygen atoms in total. The number of nitrogens with one attached hydrogen (secondary N) is 1. The highest BCUT2D eigenvalue weighted by molar-refractivity contribution is 5.96. The van der Waals surface area contributed by atoms with Crippen LogP contribution in [0.3, 0.4) is 0 Å². The highest BCUT2D eigenvalue weighted by Crippen LogP contribution is 2.44. The van der Waals surface area contributed by atoms with Gasteiger partial charge in [-0.3, -0.25) is 9.48 Å². The fourth-order valence-corrected chi connectivity index (χ4v) is 2.03. The zero-order valence-electron chi connectivity index (χ0n) is 10.6. The van der Waals surface area contributed by atoms with Crippen molar-refractivity contribution in [3.8, 4) is 0 Å².